The summed E-state index contributed by atoms with van der Waals surface area (Å²) >= 11 is 0. The number of ether oxygens (including phenoxy) is 1. The van der Waals surface area contributed by atoms with Crippen LogP contribution < -0.4 is 0 Å². The molecule has 0 bridgehead atoms. The summed E-state index contributed by atoms with van der Waals surface area (Å²) in [6.07, 6.45) is 3.16. The van der Waals surface area contributed by atoms with Gasteiger partial charge in [0.05, 0.1) is 31.1 Å². The number of amides is 1. The minimum absolute atomic E-state index is 0.0374. The standard InChI is InChI=1S/C19H21FN2O2/c1-2-3-17-13-24-11-10-22(17)19(23)15-6-4-14(5-7-15)18-9-8-16(20)12-21-18/h4-9,12,17H,2-3,10-11,13H2,1H3. The van der Waals surface area contributed by atoms with Crippen molar-refractivity contribution in [2.24, 2.45) is 0 Å². The Bertz CT molecular complexity index is 684. The molecule has 1 aliphatic heterocycles. The van der Waals surface area contributed by atoms with E-state index in [4.69, 9.17) is 4.74 Å². The predicted octanol–water partition coefficient (Wildman–Crippen LogP) is 3.53. The summed E-state index contributed by atoms with van der Waals surface area (Å²) in [5.41, 5.74) is 2.20. The monoisotopic (exact) mass is 328 g/mol. The van der Waals surface area contributed by atoms with Gasteiger partial charge in [-0.1, -0.05) is 25.5 Å². The number of morpholine rings is 1. The van der Waals surface area contributed by atoms with E-state index in [0.29, 0.717) is 31.0 Å². The number of rotatable bonds is 4. The minimum Gasteiger partial charge on any atom is -0.377 e. The van der Waals surface area contributed by atoms with E-state index in [9.17, 15) is 9.18 Å². The molecule has 0 radical (unpaired) electrons. The van der Waals surface area contributed by atoms with Crippen LogP contribution in [0.3, 0.4) is 0 Å². The van der Waals surface area contributed by atoms with Gasteiger partial charge >= 0.3 is 0 Å². The molecule has 0 N–H and O–H groups in total. The van der Waals surface area contributed by atoms with Crippen LogP contribution in [0.5, 0.6) is 0 Å². The lowest BCUT2D eigenvalue weighted by atomic mass is 10.1. The zero-order valence-corrected chi connectivity index (χ0v) is 13.7. The SMILES string of the molecule is CCCC1COCCN1C(=O)c1ccc(-c2ccc(F)cn2)cc1. The molecule has 1 unspecified atom stereocenters. The number of benzene rings is 1. The summed E-state index contributed by atoms with van der Waals surface area (Å²) in [4.78, 5) is 18.8. The van der Waals surface area contributed by atoms with Gasteiger partial charge in [-0.2, -0.15) is 0 Å². The third-order valence-corrected chi connectivity index (χ3v) is 4.27. The number of hydrogen-bond donors (Lipinski definition) is 0. The first-order chi connectivity index (χ1) is 11.7. The normalized spacial score (nSPS) is 17.8. The highest BCUT2D eigenvalue weighted by atomic mass is 19.1. The number of nitrogens with zero attached hydrogens (tertiary/aromatic N) is 2. The summed E-state index contributed by atoms with van der Waals surface area (Å²) in [6.45, 7) is 3.94. The molecule has 0 aliphatic carbocycles. The number of carbonyl (C=O) groups excluding carboxylic acids is 1. The fraction of sp³-hybridized carbons (Fsp3) is 0.368. The Hall–Kier alpha value is -2.27. The molecule has 1 aromatic heterocycles. The van der Waals surface area contributed by atoms with Crippen LogP contribution in [0, 0.1) is 5.82 Å². The topological polar surface area (TPSA) is 42.4 Å². The maximum atomic E-state index is 13.0. The minimum atomic E-state index is -0.361. The molecule has 1 amide bonds. The molecule has 126 valence electrons. The first-order valence-electron chi connectivity index (χ1n) is 8.29. The van der Waals surface area contributed by atoms with Crippen LogP contribution in [0.15, 0.2) is 42.6 Å². The van der Waals surface area contributed by atoms with E-state index in [1.165, 1.54) is 12.3 Å². The van der Waals surface area contributed by atoms with E-state index in [1.54, 1.807) is 18.2 Å². The van der Waals surface area contributed by atoms with Gasteiger partial charge in [0, 0.05) is 17.7 Å². The fourth-order valence-corrected chi connectivity index (χ4v) is 2.99. The van der Waals surface area contributed by atoms with Gasteiger partial charge in [-0.15, -0.1) is 0 Å². The van der Waals surface area contributed by atoms with E-state index in [-0.39, 0.29) is 17.8 Å². The van der Waals surface area contributed by atoms with E-state index in [1.807, 2.05) is 17.0 Å². The first kappa shape index (κ1) is 16.6. The summed E-state index contributed by atoms with van der Waals surface area (Å²) in [7, 11) is 0. The highest BCUT2D eigenvalue weighted by Gasteiger charge is 2.27. The van der Waals surface area contributed by atoms with Crippen molar-refractivity contribution >= 4 is 5.91 Å². The average Bonchev–Trinajstić information content (AvgIpc) is 2.63. The Morgan fingerprint density at radius 3 is 2.75 bits per heavy atom. The summed E-state index contributed by atoms with van der Waals surface area (Å²) < 4.78 is 18.5. The van der Waals surface area contributed by atoms with Crippen molar-refractivity contribution in [3.8, 4) is 11.3 Å². The lowest BCUT2D eigenvalue weighted by Gasteiger charge is -2.35. The van der Waals surface area contributed by atoms with Gasteiger partial charge in [-0.25, -0.2) is 4.39 Å². The molecule has 1 fully saturated rings. The summed E-state index contributed by atoms with van der Waals surface area (Å²) in [6, 6.07) is 10.5. The smallest absolute Gasteiger partial charge is 0.254 e. The van der Waals surface area contributed by atoms with Crippen molar-refractivity contribution in [3.63, 3.8) is 0 Å². The number of pyridine rings is 1. The van der Waals surface area contributed by atoms with Crippen LogP contribution in [0.1, 0.15) is 30.1 Å². The van der Waals surface area contributed by atoms with Gasteiger partial charge in [0.25, 0.3) is 5.91 Å². The van der Waals surface area contributed by atoms with Gasteiger partial charge in [-0.05, 0) is 30.7 Å². The van der Waals surface area contributed by atoms with Crippen molar-refractivity contribution in [2.75, 3.05) is 19.8 Å². The molecule has 3 rings (SSSR count). The van der Waals surface area contributed by atoms with Crippen molar-refractivity contribution in [1.29, 1.82) is 0 Å². The van der Waals surface area contributed by atoms with E-state index in [0.717, 1.165) is 18.4 Å². The average molecular weight is 328 g/mol. The molecule has 24 heavy (non-hydrogen) atoms. The Kier molecular flexibility index (Phi) is 5.20. The molecule has 4 nitrogen and oxygen atoms in total. The largest absolute Gasteiger partial charge is 0.377 e. The second-order valence-electron chi connectivity index (χ2n) is 5.95. The van der Waals surface area contributed by atoms with Crippen molar-refractivity contribution in [1.82, 2.24) is 9.88 Å². The van der Waals surface area contributed by atoms with Crippen molar-refractivity contribution < 1.29 is 13.9 Å². The van der Waals surface area contributed by atoms with Crippen molar-refractivity contribution in [3.05, 3.63) is 54.0 Å². The van der Waals surface area contributed by atoms with Crippen LogP contribution in [0.2, 0.25) is 0 Å². The molecular formula is C19H21FN2O2. The van der Waals surface area contributed by atoms with Crippen LogP contribution in [0.4, 0.5) is 4.39 Å². The molecule has 1 saturated heterocycles. The predicted molar refractivity (Wildman–Crippen MR) is 90.2 cm³/mol. The third kappa shape index (κ3) is 3.62. The molecule has 5 heteroatoms. The Labute approximate surface area is 141 Å². The van der Waals surface area contributed by atoms with Crippen LogP contribution in [-0.4, -0.2) is 41.6 Å². The lowest BCUT2D eigenvalue weighted by molar-refractivity contribution is -0.00433. The summed E-state index contributed by atoms with van der Waals surface area (Å²) in [5.74, 6) is -0.324. The Balaban J connectivity index is 1.76. The van der Waals surface area contributed by atoms with Gasteiger partial charge in [0.2, 0.25) is 0 Å². The van der Waals surface area contributed by atoms with Gasteiger partial charge < -0.3 is 9.64 Å². The summed E-state index contributed by atoms with van der Waals surface area (Å²) in [5, 5.41) is 0. The molecular weight excluding hydrogens is 307 g/mol. The van der Waals surface area contributed by atoms with E-state index >= 15 is 0 Å². The highest BCUT2D eigenvalue weighted by molar-refractivity contribution is 5.95. The molecule has 2 heterocycles. The molecule has 1 aliphatic rings. The molecule has 0 spiro atoms. The second kappa shape index (κ2) is 7.53. The van der Waals surface area contributed by atoms with Crippen LogP contribution in [0.25, 0.3) is 11.3 Å². The Morgan fingerprint density at radius 2 is 2.08 bits per heavy atom. The first-order valence-corrected chi connectivity index (χ1v) is 8.29. The van der Waals surface area contributed by atoms with Crippen LogP contribution >= 0.6 is 0 Å². The molecule has 1 aromatic carbocycles. The van der Waals surface area contributed by atoms with Crippen LogP contribution in [-0.2, 0) is 4.74 Å². The maximum absolute atomic E-state index is 13.0. The van der Waals surface area contributed by atoms with Gasteiger partial charge in [-0.3, -0.25) is 9.78 Å². The number of halogens is 1. The molecule has 2 aromatic rings. The zero-order valence-electron chi connectivity index (χ0n) is 13.7. The van der Waals surface area contributed by atoms with Gasteiger partial charge in [0.15, 0.2) is 0 Å². The second-order valence-corrected chi connectivity index (χ2v) is 5.95. The quantitative estimate of drug-likeness (QED) is 0.862. The third-order valence-electron chi connectivity index (χ3n) is 4.27. The van der Waals surface area contributed by atoms with E-state index in [2.05, 4.69) is 11.9 Å². The number of carbonyl (C=O) groups is 1. The number of aromatic nitrogens is 1. The maximum Gasteiger partial charge on any atom is 0.254 e. The molecule has 0 saturated carbocycles. The van der Waals surface area contributed by atoms with Crippen molar-refractivity contribution in [2.45, 2.75) is 25.8 Å². The molecule has 1 atom stereocenters. The zero-order chi connectivity index (χ0) is 16.9. The lowest BCUT2D eigenvalue weighted by Crippen LogP contribution is -2.48. The highest BCUT2D eigenvalue weighted by Crippen LogP contribution is 2.20. The Morgan fingerprint density at radius 1 is 1.29 bits per heavy atom. The van der Waals surface area contributed by atoms with E-state index < -0.39 is 0 Å². The van der Waals surface area contributed by atoms with Gasteiger partial charge in [0.1, 0.15) is 5.82 Å². The fourth-order valence-electron chi connectivity index (χ4n) is 2.99. The number of hydrogen-bond acceptors (Lipinski definition) is 3.